The first kappa shape index (κ1) is 15.3. The third-order valence-electron chi connectivity index (χ3n) is 5.68. The van der Waals surface area contributed by atoms with E-state index in [4.69, 9.17) is 0 Å². The van der Waals surface area contributed by atoms with Crippen molar-refractivity contribution < 1.29 is 5.11 Å². The van der Waals surface area contributed by atoms with Gasteiger partial charge in [-0.05, 0) is 53.5 Å². The zero-order chi connectivity index (χ0) is 16.8. The van der Waals surface area contributed by atoms with E-state index in [1.165, 1.54) is 22.3 Å². The predicted octanol–water partition coefficient (Wildman–Crippen LogP) is 5.65. The smallest absolute Gasteiger partial charge is 0.139 e. The van der Waals surface area contributed by atoms with Crippen LogP contribution < -0.4 is 5.32 Å². The zero-order valence-corrected chi connectivity index (χ0v) is 14.6. The molecule has 3 unspecified atom stereocenters. The minimum atomic E-state index is 0.242. The van der Waals surface area contributed by atoms with Crippen molar-refractivity contribution in [3.05, 3.63) is 70.8 Å². The number of hydrogen-bond acceptors (Lipinski definition) is 2. The number of phenols is 1. The molecule has 0 saturated heterocycles. The molecule has 24 heavy (non-hydrogen) atoms. The summed E-state index contributed by atoms with van der Waals surface area (Å²) in [6, 6.07) is 13.1. The van der Waals surface area contributed by atoms with Crippen LogP contribution in [0.3, 0.4) is 0 Å². The number of phenolic OH excluding ortho intramolecular Hbond substituents is 1. The first-order valence-electron chi connectivity index (χ1n) is 8.91. The maximum absolute atomic E-state index is 10.4. The number of fused-ring (bicyclic) bond motifs is 3. The summed E-state index contributed by atoms with van der Waals surface area (Å²) in [6.45, 7) is 6.59. The van der Waals surface area contributed by atoms with Crippen molar-refractivity contribution in [3.63, 3.8) is 0 Å². The Bertz CT molecular complexity index is 788. The summed E-state index contributed by atoms with van der Waals surface area (Å²) in [5, 5.41) is 14.0. The van der Waals surface area contributed by atoms with Crippen LogP contribution in [-0.4, -0.2) is 5.11 Å². The number of benzene rings is 2. The van der Waals surface area contributed by atoms with Gasteiger partial charge in [0.15, 0.2) is 0 Å². The SMILES string of the molecule is Cc1ccc(O)c2c1C1C=CCC1C(c1ccc(C(C)C)cc1)N2. The molecule has 0 fully saturated rings. The first-order valence-corrected chi connectivity index (χ1v) is 8.91. The second-order valence-corrected chi connectivity index (χ2v) is 7.49. The highest BCUT2D eigenvalue weighted by molar-refractivity contribution is 5.69. The van der Waals surface area contributed by atoms with E-state index >= 15 is 0 Å². The van der Waals surface area contributed by atoms with Gasteiger partial charge in [0.25, 0.3) is 0 Å². The fourth-order valence-electron chi connectivity index (χ4n) is 4.30. The van der Waals surface area contributed by atoms with E-state index in [0.29, 0.717) is 23.5 Å². The number of aromatic hydroxyl groups is 1. The van der Waals surface area contributed by atoms with E-state index in [2.05, 4.69) is 62.5 Å². The minimum Gasteiger partial charge on any atom is -0.506 e. The molecule has 1 heterocycles. The van der Waals surface area contributed by atoms with E-state index in [0.717, 1.165) is 12.1 Å². The van der Waals surface area contributed by atoms with Crippen molar-refractivity contribution in [1.82, 2.24) is 0 Å². The first-order chi connectivity index (χ1) is 11.6. The van der Waals surface area contributed by atoms with Crippen molar-refractivity contribution in [2.45, 2.75) is 45.1 Å². The molecule has 0 amide bonds. The van der Waals surface area contributed by atoms with Gasteiger partial charge < -0.3 is 10.4 Å². The minimum absolute atomic E-state index is 0.242. The molecule has 2 heteroatoms. The van der Waals surface area contributed by atoms with Crippen LogP contribution in [0.2, 0.25) is 0 Å². The molecule has 2 aliphatic rings. The van der Waals surface area contributed by atoms with Crippen molar-refractivity contribution >= 4 is 5.69 Å². The predicted molar refractivity (Wildman–Crippen MR) is 99.7 cm³/mol. The maximum Gasteiger partial charge on any atom is 0.139 e. The molecule has 2 nitrogen and oxygen atoms in total. The zero-order valence-electron chi connectivity index (χ0n) is 14.6. The Balaban J connectivity index is 1.77. The van der Waals surface area contributed by atoms with Gasteiger partial charge in [0.1, 0.15) is 5.75 Å². The summed E-state index contributed by atoms with van der Waals surface area (Å²) in [7, 11) is 0. The van der Waals surface area contributed by atoms with Gasteiger partial charge in [0.05, 0.1) is 11.7 Å². The summed E-state index contributed by atoms with van der Waals surface area (Å²) >= 11 is 0. The number of rotatable bonds is 2. The number of aryl methyl sites for hydroxylation is 1. The summed E-state index contributed by atoms with van der Waals surface area (Å²) in [5.74, 6) is 1.82. The Kier molecular flexibility index (Phi) is 3.64. The molecule has 124 valence electrons. The highest BCUT2D eigenvalue weighted by Crippen LogP contribution is 2.53. The normalized spacial score (nSPS) is 24.6. The van der Waals surface area contributed by atoms with Gasteiger partial charge in [-0.3, -0.25) is 0 Å². The van der Waals surface area contributed by atoms with Crippen molar-refractivity contribution in [1.29, 1.82) is 0 Å². The number of allylic oxidation sites excluding steroid dienone is 2. The number of hydrogen-bond donors (Lipinski definition) is 2. The second-order valence-electron chi connectivity index (χ2n) is 7.49. The topological polar surface area (TPSA) is 32.3 Å². The van der Waals surface area contributed by atoms with E-state index in [1.807, 2.05) is 6.07 Å². The Labute approximate surface area is 144 Å². The van der Waals surface area contributed by atoms with Gasteiger partial charge in [0, 0.05) is 5.92 Å². The van der Waals surface area contributed by atoms with Crippen molar-refractivity contribution in [3.8, 4) is 5.75 Å². The van der Waals surface area contributed by atoms with Gasteiger partial charge in [-0.2, -0.15) is 0 Å². The largest absolute Gasteiger partial charge is 0.506 e. The van der Waals surface area contributed by atoms with Crippen LogP contribution in [0.15, 0.2) is 48.6 Å². The lowest BCUT2D eigenvalue weighted by Gasteiger charge is -2.38. The molecular weight excluding hydrogens is 294 g/mol. The van der Waals surface area contributed by atoms with E-state index in [-0.39, 0.29) is 6.04 Å². The quantitative estimate of drug-likeness (QED) is 0.553. The van der Waals surface area contributed by atoms with E-state index in [1.54, 1.807) is 6.07 Å². The van der Waals surface area contributed by atoms with Crippen LogP contribution in [0, 0.1) is 12.8 Å². The Morgan fingerprint density at radius 1 is 1.08 bits per heavy atom. The molecular formula is C22H25NO. The summed E-state index contributed by atoms with van der Waals surface area (Å²) in [5.41, 5.74) is 6.12. The average Bonchev–Trinajstić information content (AvgIpc) is 3.07. The molecule has 0 radical (unpaired) electrons. The molecule has 0 spiro atoms. The van der Waals surface area contributed by atoms with Gasteiger partial charge in [-0.25, -0.2) is 0 Å². The van der Waals surface area contributed by atoms with Crippen molar-refractivity contribution in [2.75, 3.05) is 5.32 Å². The Morgan fingerprint density at radius 3 is 2.54 bits per heavy atom. The Morgan fingerprint density at radius 2 is 1.83 bits per heavy atom. The summed E-state index contributed by atoms with van der Waals surface area (Å²) in [4.78, 5) is 0. The molecule has 1 aliphatic heterocycles. The van der Waals surface area contributed by atoms with Crippen LogP contribution in [0.25, 0.3) is 0 Å². The van der Waals surface area contributed by atoms with Crippen molar-refractivity contribution in [2.24, 2.45) is 5.92 Å². The van der Waals surface area contributed by atoms with Gasteiger partial charge in [-0.1, -0.05) is 56.3 Å². The standard InChI is InChI=1S/C22H25NO/c1-13(2)15-8-10-16(11-9-15)21-18-6-4-5-17(18)20-14(3)7-12-19(24)22(20)23-21/h4-5,7-13,17-18,21,23-24H,6H2,1-3H3. The number of nitrogens with one attached hydrogen (secondary N) is 1. The van der Waals surface area contributed by atoms with Crippen LogP contribution >= 0.6 is 0 Å². The lowest BCUT2D eigenvalue weighted by molar-refractivity contribution is 0.414. The molecule has 4 rings (SSSR count). The van der Waals surface area contributed by atoms with E-state index in [9.17, 15) is 5.11 Å². The second kappa shape index (κ2) is 5.70. The maximum atomic E-state index is 10.4. The summed E-state index contributed by atoms with van der Waals surface area (Å²) < 4.78 is 0. The molecule has 2 N–H and O–H groups in total. The molecule has 0 aromatic heterocycles. The van der Waals surface area contributed by atoms with Gasteiger partial charge in [-0.15, -0.1) is 0 Å². The third kappa shape index (κ3) is 2.32. The highest BCUT2D eigenvalue weighted by Gasteiger charge is 2.39. The van der Waals surface area contributed by atoms with E-state index < -0.39 is 0 Å². The molecule has 0 saturated carbocycles. The van der Waals surface area contributed by atoms with Crippen LogP contribution in [0.1, 0.15) is 60.4 Å². The van der Waals surface area contributed by atoms with Crippen LogP contribution in [-0.2, 0) is 0 Å². The molecule has 0 bridgehead atoms. The van der Waals surface area contributed by atoms with Crippen LogP contribution in [0.4, 0.5) is 5.69 Å². The lowest BCUT2D eigenvalue weighted by Crippen LogP contribution is -2.29. The number of anilines is 1. The summed E-state index contributed by atoms with van der Waals surface area (Å²) in [6.07, 6.45) is 5.71. The molecule has 3 atom stereocenters. The monoisotopic (exact) mass is 319 g/mol. The average molecular weight is 319 g/mol. The van der Waals surface area contributed by atoms with Crippen LogP contribution in [0.5, 0.6) is 5.75 Å². The molecule has 1 aliphatic carbocycles. The van der Waals surface area contributed by atoms with Gasteiger partial charge >= 0.3 is 0 Å². The fourth-order valence-corrected chi connectivity index (χ4v) is 4.30. The highest BCUT2D eigenvalue weighted by atomic mass is 16.3. The molecule has 2 aromatic carbocycles. The lowest BCUT2D eigenvalue weighted by atomic mass is 9.75. The fraction of sp³-hybridized carbons (Fsp3) is 0.364. The Hall–Kier alpha value is -2.22. The third-order valence-corrected chi connectivity index (χ3v) is 5.68. The molecule has 2 aromatic rings. The van der Waals surface area contributed by atoms with Gasteiger partial charge in [0.2, 0.25) is 0 Å².